The number of aromatic nitrogens is 3. The van der Waals surface area contributed by atoms with Crippen molar-refractivity contribution in [3.05, 3.63) is 77.9 Å². The predicted molar refractivity (Wildman–Crippen MR) is 132 cm³/mol. The topological polar surface area (TPSA) is 116 Å². The normalized spacial score (nSPS) is 13.7. The lowest BCUT2D eigenvalue weighted by molar-refractivity contribution is -0.129. The molecule has 1 amide bonds. The van der Waals surface area contributed by atoms with Crippen LogP contribution in [0.1, 0.15) is 36.8 Å². The van der Waals surface area contributed by atoms with Gasteiger partial charge >= 0.3 is 0 Å². The monoisotopic (exact) mass is 470 g/mol. The van der Waals surface area contributed by atoms with E-state index < -0.39 is 6.10 Å². The molecule has 0 saturated heterocycles. The van der Waals surface area contributed by atoms with Gasteiger partial charge in [-0.2, -0.15) is 4.98 Å². The fraction of sp³-hybridized carbons (Fsp3) is 0.231. The molecule has 1 aliphatic rings. The molecule has 2 aromatic carbocycles. The maximum atomic E-state index is 12.0. The first-order chi connectivity index (χ1) is 17.0. The number of rotatable bonds is 6. The standard InChI is InChI=1S/C26H26N6O3/c1-16(33)19-4-3-5-21(12-19)28-25-22-14-32(17(2)34)11-10-23(22)30-26(31-25)29-20-8-6-18(7-9-20)24-13-27-15-35-24/h3-9,12-13,15-16,33H,10-11,14H2,1-2H3,(H2,28,29,30,31). The Labute approximate surface area is 202 Å². The van der Waals surface area contributed by atoms with E-state index in [9.17, 15) is 9.90 Å². The van der Waals surface area contributed by atoms with Crippen LogP contribution in [0.15, 0.2) is 65.5 Å². The molecule has 0 bridgehead atoms. The zero-order valence-corrected chi connectivity index (χ0v) is 19.5. The number of aliphatic hydroxyl groups is 1. The number of benzene rings is 2. The molecular weight excluding hydrogens is 444 g/mol. The Bertz CT molecular complexity index is 1340. The molecule has 35 heavy (non-hydrogen) atoms. The van der Waals surface area contributed by atoms with Crippen LogP contribution in [0, 0.1) is 0 Å². The van der Waals surface area contributed by atoms with E-state index in [1.54, 1.807) is 24.9 Å². The Morgan fingerprint density at radius 3 is 2.66 bits per heavy atom. The highest BCUT2D eigenvalue weighted by molar-refractivity contribution is 5.74. The highest BCUT2D eigenvalue weighted by atomic mass is 16.3. The van der Waals surface area contributed by atoms with Crippen molar-refractivity contribution in [3.63, 3.8) is 0 Å². The fourth-order valence-electron chi connectivity index (χ4n) is 4.06. The average molecular weight is 471 g/mol. The number of fused-ring (bicyclic) bond motifs is 1. The number of hydrogen-bond donors (Lipinski definition) is 3. The van der Waals surface area contributed by atoms with Crippen LogP contribution < -0.4 is 10.6 Å². The predicted octanol–water partition coefficient (Wildman–Crippen LogP) is 4.58. The number of oxazole rings is 1. The lowest BCUT2D eigenvalue weighted by Gasteiger charge is -2.29. The highest BCUT2D eigenvalue weighted by Gasteiger charge is 2.24. The SMILES string of the molecule is CC(=O)N1CCc2nc(Nc3ccc(-c4cnco4)cc3)nc(Nc3cccc(C(C)O)c3)c2C1. The minimum atomic E-state index is -0.582. The van der Waals surface area contributed by atoms with Gasteiger partial charge in [-0.25, -0.2) is 9.97 Å². The van der Waals surface area contributed by atoms with Gasteiger partial charge in [0.05, 0.1) is 24.5 Å². The summed E-state index contributed by atoms with van der Waals surface area (Å²) in [4.78, 5) is 27.3. The Balaban J connectivity index is 1.46. The van der Waals surface area contributed by atoms with E-state index in [0.717, 1.165) is 33.8 Å². The molecule has 2 aromatic heterocycles. The Hall–Kier alpha value is -4.24. The van der Waals surface area contributed by atoms with Crippen LogP contribution in [0.4, 0.5) is 23.1 Å². The van der Waals surface area contributed by atoms with Crippen molar-refractivity contribution in [2.75, 3.05) is 17.2 Å². The molecule has 9 heteroatoms. The molecule has 0 radical (unpaired) electrons. The molecule has 1 unspecified atom stereocenters. The van der Waals surface area contributed by atoms with Crippen molar-refractivity contribution in [2.24, 2.45) is 0 Å². The minimum absolute atomic E-state index is 0.0201. The van der Waals surface area contributed by atoms with E-state index in [-0.39, 0.29) is 5.91 Å². The number of amides is 1. The summed E-state index contributed by atoms with van der Waals surface area (Å²) < 4.78 is 5.35. The molecule has 3 N–H and O–H groups in total. The zero-order chi connectivity index (χ0) is 24.4. The second-order valence-corrected chi connectivity index (χ2v) is 8.51. The quantitative estimate of drug-likeness (QED) is 0.375. The Morgan fingerprint density at radius 1 is 1.11 bits per heavy atom. The van der Waals surface area contributed by atoms with Gasteiger partial charge in [0.2, 0.25) is 11.9 Å². The summed E-state index contributed by atoms with van der Waals surface area (Å²) >= 11 is 0. The first kappa shape index (κ1) is 22.5. The molecule has 1 aliphatic heterocycles. The molecule has 3 heterocycles. The molecule has 178 valence electrons. The summed E-state index contributed by atoms with van der Waals surface area (Å²) in [6, 6.07) is 15.3. The zero-order valence-electron chi connectivity index (χ0n) is 19.5. The molecule has 0 saturated carbocycles. The van der Waals surface area contributed by atoms with Crippen LogP contribution in [0.25, 0.3) is 11.3 Å². The third kappa shape index (κ3) is 4.99. The summed E-state index contributed by atoms with van der Waals surface area (Å²) in [5.41, 5.74) is 5.13. The van der Waals surface area contributed by atoms with Crippen LogP contribution in [0.5, 0.6) is 0 Å². The summed E-state index contributed by atoms with van der Waals surface area (Å²) in [6.07, 6.45) is 3.13. The number of aliphatic hydroxyl groups excluding tert-OH is 1. The van der Waals surface area contributed by atoms with Crippen molar-refractivity contribution in [2.45, 2.75) is 32.9 Å². The largest absolute Gasteiger partial charge is 0.444 e. The number of nitrogens with one attached hydrogen (secondary N) is 2. The molecule has 0 aliphatic carbocycles. The minimum Gasteiger partial charge on any atom is -0.444 e. The van der Waals surface area contributed by atoms with Crippen LogP contribution in [0.3, 0.4) is 0 Å². The van der Waals surface area contributed by atoms with Gasteiger partial charge in [0, 0.05) is 42.4 Å². The summed E-state index contributed by atoms with van der Waals surface area (Å²) in [6.45, 7) is 4.35. The highest BCUT2D eigenvalue weighted by Crippen LogP contribution is 2.30. The maximum Gasteiger partial charge on any atom is 0.229 e. The van der Waals surface area contributed by atoms with Crippen LogP contribution in [-0.2, 0) is 17.8 Å². The third-order valence-corrected chi connectivity index (χ3v) is 6.00. The second kappa shape index (κ2) is 9.55. The first-order valence-corrected chi connectivity index (χ1v) is 11.4. The van der Waals surface area contributed by atoms with Crippen LogP contribution in [0.2, 0.25) is 0 Å². The van der Waals surface area contributed by atoms with Gasteiger partial charge in [-0.3, -0.25) is 4.79 Å². The van der Waals surface area contributed by atoms with E-state index in [1.165, 1.54) is 6.39 Å². The first-order valence-electron chi connectivity index (χ1n) is 11.4. The average Bonchev–Trinajstić information content (AvgIpc) is 3.39. The Kier molecular flexibility index (Phi) is 6.15. The second-order valence-electron chi connectivity index (χ2n) is 8.51. The van der Waals surface area contributed by atoms with Crippen molar-refractivity contribution in [1.29, 1.82) is 0 Å². The van der Waals surface area contributed by atoms with Crippen LogP contribution in [-0.4, -0.2) is 37.4 Å². The van der Waals surface area contributed by atoms with E-state index in [2.05, 4.69) is 15.6 Å². The lowest BCUT2D eigenvalue weighted by Crippen LogP contribution is -2.35. The number of nitrogens with zero attached hydrogens (tertiary/aromatic N) is 4. The Morgan fingerprint density at radius 2 is 1.94 bits per heavy atom. The van der Waals surface area contributed by atoms with Gasteiger partial charge in [-0.1, -0.05) is 12.1 Å². The number of carbonyl (C=O) groups excluding carboxylic acids is 1. The van der Waals surface area contributed by atoms with Gasteiger partial charge in [0.25, 0.3) is 0 Å². The van der Waals surface area contributed by atoms with Crippen molar-refractivity contribution >= 4 is 29.0 Å². The fourth-order valence-corrected chi connectivity index (χ4v) is 4.06. The van der Waals surface area contributed by atoms with E-state index in [4.69, 9.17) is 14.4 Å². The smallest absolute Gasteiger partial charge is 0.229 e. The number of hydrogen-bond acceptors (Lipinski definition) is 8. The molecule has 4 aromatic rings. The molecule has 0 fully saturated rings. The molecule has 9 nitrogen and oxygen atoms in total. The van der Waals surface area contributed by atoms with Crippen molar-refractivity contribution < 1.29 is 14.3 Å². The van der Waals surface area contributed by atoms with Crippen LogP contribution >= 0.6 is 0 Å². The van der Waals surface area contributed by atoms with Gasteiger partial charge in [0.15, 0.2) is 12.2 Å². The van der Waals surface area contributed by atoms with E-state index in [0.29, 0.717) is 37.0 Å². The van der Waals surface area contributed by atoms with Gasteiger partial charge < -0.3 is 25.1 Å². The maximum absolute atomic E-state index is 12.0. The molecule has 0 spiro atoms. The van der Waals surface area contributed by atoms with Crippen molar-refractivity contribution in [1.82, 2.24) is 19.9 Å². The summed E-state index contributed by atoms with van der Waals surface area (Å²) in [5, 5.41) is 16.6. The lowest BCUT2D eigenvalue weighted by atomic mass is 10.1. The molecule has 1 atom stereocenters. The van der Waals surface area contributed by atoms with Crippen molar-refractivity contribution in [3.8, 4) is 11.3 Å². The molecular formula is C26H26N6O3. The number of anilines is 4. The van der Waals surface area contributed by atoms with E-state index in [1.807, 2.05) is 48.5 Å². The summed E-state index contributed by atoms with van der Waals surface area (Å²) in [7, 11) is 0. The van der Waals surface area contributed by atoms with Gasteiger partial charge in [0.1, 0.15) is 5.82 Å². The van der Waals surface area contributed by atoms with E-state index >= 15 is 0 Å². The number of carbonyl (C=O) groups is 1. The van der Waals surface area contributed by atoms with Gasteiger partial charge in [-0.15, -0.1) is 0 Å². The molecule has 5 rings (SSSR count). The summed E-state index contributed by atoms with van der Waals surface area (Å²) in [5.74, 6) is 1.81. The third-order valence-electron chi connectivity index (χ3n) is 6.00. The van der Waals surface area contributed by atoms with Gasteiger partial charge in [-0.05, 0) is 48.9 Å².